The lowest BCUT2D eigenvalue weighted by molar-refractivity contribution is 0.896. The number of benzene rings is 1. The van der Waals surface area contributed by atoms with Crippen molar-refractivity contribution in [1.29, 1.82) is 0 Å². The van der Waals surface area contributed by atoms with Gasteiger partial charge in [0.15, 0.2) is 0 Å². The molecular formula is C14H22N2S2. The van der Waals surface area contributed by atoms with Crippen LogP contribution in [0.5, 0.6) is 0 Å². The van der Waals surface area contributed by atoms with Crippen LogP contribution in [0.4, 0.5) is 5.69 Å². The first-order valence-corrected chi connectivity index (χ1v) is 8.59. The van der Waals surface area contributed by atoms with Gasteiger partial charge < -0.3 is 4.90 Å². The van der Waals surface area contributed by atoms with Gasteiger partial charge in [-0.25, -0.2) is 4.13 Å². The summed E-state index contributed by atoms with van der Waals surface area (Å²) in [7, 11) is 0. The molecule has 4 heteroatoms. The average molecular weight is 282 g/mol. The van der Waals surface area contributed by atoms with Crippen molar-refractivity contribution in [2.75, 3.05) is 23.7 Å². The Balaban J connectivity index is 1.73. The Bertz CT molecular complexity index is 334. The van der Waals surface area contributed by atoms with E-state index in [2.05, 4.69) is 40.2 Å². The van der Waals surface area contributed by atoms with Crippen molar-refractivity contribution >= 4 is 29.6 Å². The van der Waals surface area contributed by atoms with Crippen LogP contribution in [-0.2, 0) is 0 Å². The molecule has 0 radical (unpaired) electrons. The molecule has 0 saturated carbocycles. The summed E-state index contributed by atoms with van der Waals surface area (Å²) in [5, 5.41) is 0. The Kier molecular flexibility index (Phi) is 6.24. The Hall–Kier alpha value is -0.320. The zero-order valence-corrected chi connectivity index (χ0v) is 12.7. The van der Waals surface area contributed by atoms with Gasteiger partial charge in [0.1, 0.15) is 0 Å². The molecule has 1 aliphatic heterocycles. The topological polar surface area (TPSA) is 15.3 Å². The zero-order chi connectivity index (χ0) is 12.6. The molecule has 0 aliphatic carbocycles. The number of nitrogens with zero attached hydrogens (tertiary/aromatic N) is 1. The SMILES string of the molecule is CCCCSNSc1ccc(N2CCCC2)cc1. The van der Waals surface area contributed by atoms with Crippen LogP contribution in [0.3, 0.4) is 0 Å². The number of hydrogen-bond donors (Lipinski definition) is 1. The number of anilines is 1. The van der Waals surface area contributed by atoms with Gasteiger partial charge in [0.25, 0.3) is 0 Å². The van der Waals surface area contributed by atoms with Crippen molar-refractivity contribution in [3.8, 4) is 0 Å². The van der Waals surface area contributed by atoms with Crippen LogP contribution in [0.1, 0.15) is 32.6 Å². The van der Waals surface area contributed by atoms with Gasteiger partial charge in [-0.1, -0.05) is 25.3 Å². The summed E-state index contributed by atoms with van der Waals surface area (Å²) in [4.78, 5) is 3.76. The van der Waals surface area contributed by atoms with E-state index in [1.165, 1.54) is 55.1 Å². The molecule has 1 aromatic carbocycles. The summed E-state index contributed by atoms with van der Waals surface area (Å²) in [6.45, 7) is 4.67. The van der Waals surface area contributed by atoms with Crippen LogP contribution in [0, 0.1) is 0 Å². The maximum atomic E-state index is 3.35. The summed E-state index contributed by atoms with van der Waals surface area (Å²) >= 11 is 3.52. The Morgan fingerprint density at radius 1 is 1.17 bits per heavy atom. The Morgan fingerprint density at radius 3 is 2.56 bits per heavy atom. The predicted octanol–water partition coefficient (Wildman–Crippen LogP) is 4.33. The van der Waals surface area contributed by atoms with Crippen molar-refractivity contribution in [2.45, 2.75) is 37.5 Å². The first-order chi connectivity index (χ1) is 8.90. The highest BCUT2D eigenvalue weighted by atomic mass is 32.2. The highest BCUT2D eigenvalue weighted by Crippen LogP contribution is 2.24. The lowest BCUT2D eigenvalue weighted by Gasteiger charge is -2.17. The third-order valence-corrected chi connectivity index (χ3v) is 4.93. The molecule has 2 rings (SSSR count). The van der Waals surface area contributed by atoms with E-state index in [-0.39, 0.29) is 0 Å². The normalized spacial score (nSPS) is 15.3. The second-order valence-corrected chi connectivity index (χ2v) is 6.61. The molecule has 18 heavy (non-hydrogen) atoms. The zero-order valence-electron chi connectivity index (χ0n) is 11.0. The molecule has 100 valence electrons. The maximum absolute atomic E-state index is 3.35. The van der Waals surface area contributed by atoms with Gasteiger partial charge in [-0.15, -0.1) is 0 Å². The monoisotopic (exact) mass is 282 g/mol. The second kappa shape index (κ2) is 7.97. The van der Waals surface area contributed by atoms with Crippen molar-refractivity contribution in [3.63, 3.8) is 0 Å². The summed E-state index contributed by atoms with van der Waals surface area (Å²) in [6, 6.07) is 8.91. The minimum Gasteiger partial charge on any atom is -0.372 e. The fourth-order valence-electron chi connectivity index (χ4n) is 2.04. The lowest BCUT2D eigenvalue weighted by atomic mass is 10.3. The minimum atomic E-state index is 1.19. The van der Waals surface area contributed by atoms with Crippen LogP contribution < -0.4 is 9.03 Å². The lowest BCUT2D eigenvalue weighted by Crippen LogP contribution is -2.17. The van der Waals surface area contributed by atoms with E-state index in [0.717, 1.165) is 0 Å². The number of rotatable bonds is 7. The summed E-state index contributed by atoms with van der Waals surface area (Å²) in [5.41, 5.74) is 1.37. The minimum absolute atomic E-state index is 1.19. The fourth-order valence-corrected chi connectivity index (χ4v) is 3.70. The largest absolute Gasteiger partial charge is 0.372 e. The van der Waals surface area contributed by atoms with E-state index in [4.69, 9.17) is 0 Å². The van der Waals surface area contributed by atoms with E-state index in [0.29, 0.717) is 0 Å². The van der Waals surface area contributed by atoms with E-state index in [1.54, 1.807) is 23.9 Å². The molecule has 0 amide bonds. The molecular weight excluding hydrogens is 260 g/mol. The molecule has 1 aliphatic rings. The quantitative estimate of drug-likeness (QED) is 0.591. The molecule has 1 N–H and O–H groups in total. The molecule has 0 spiro atoms. The van der Waals surface area contributed by atoms with Crippen LogP contribution in [-0.4, -0.2) is 18.8 Å². The van der Waals surface area contributed by atoms with Gasteiger partial charge in [-0.3, -0.25) is 0 Å². The van der Waals surface area contributed by atoms with E-state index >= 15 is 0 Å². The summed E-state index contributed by atoms with van der Waals surface area (Å²) < 4.78 is 3.35. The highest BCUT2D eigenvalue weighted by Gasteiger charge is 2.11. The highest BCUT2D eigenvalue weighted by molar-refractivity contribution is 8.12. The molecule has 0 atom stereocenters. The van der Waals surface area contributed by atoms with Crippen LogP contribution in [0.2, 0.25) is 0 Å². The van der Waals surface area contributed by atoms with Crippen molar-refractivity contribution in [1.82, 2.24) is 4.13 Å². The van der Waals surface area contributed by atoms with E-state index in [9.17, 15) is 0 Å². The molecule has 0 unspecified atom stereocenters. The predicted molar refractivity (Wildman–Crippen MR) is 84.2 cm³/mol. The van der Waals surface area contributed by atoms with E-state index in [1.807, 2.05) is 0 Å². The molecule has 0 aromatic heterocycles. The van der Waals surface area contributed by atoms with Crippen LogP contribution in [0.25, 0.3) is 0 Å². The third-order valence-electron chi connectivity index (χ3n) is 3.13. The van der Waals surface area contributed by atoms with Crippen LogP contribution >= 0.6 is 23.9 Å². The average Bonchev–Trinajstić information content (AvgIpc) is 2.93. The second-order valence-electron chi connectivity index (χ2n) is 4.58. The summed E-state index contributed by atoms with van der Waals surface area (Å²) in [5.74, 6) is 1.19. The fraction of sp³-hybridized carbons (Fsp3) is 0.571. The maximum Gasteiger partial charge on any atom is 0.0366 e. The smallest absolute Gasteiger partial charge is 0.0366 e. The molecule has 1 saturated heterocycles. The first-order valence-electron chi connectivity index (χ1n) is 6.79. The molecule has 0 bridgehead atoms. The Labute approximate surface area is 119 Å². The van der Waals surface area contributed by atoms with Gasteiger partial charge in [-0.2, -0.15) is 0 Å². The van der Waals surface area contributed by atoms with Crippen molar-refractivity contribution < 1.29 is 0 Å². The van der Waals surface area contributed by atoms with Crippen molar-refractivity contribution in [3.05, 3.63) is 24.3 Å². The summed E-state index contributed by atoms with van der Waals surface area (Å²) in [6.07, 6.45) is 5.23. The van der Waals surface area contributed by atoms with Crippen LogP contribution in [0.15, 0.2) is 29.2 Å². The Morgan fingerprint density at radius 2 is 1.89 bits per heavy atom. The van der Waals surface area contributed by atoms with Gasteiger partial charge in [0.2, 0.25) is 0 Å². The molecule has 1 heterocycles. The van der Waals surface area contributed by atoms with Gasteiger partial charge >= 0.3 is 0 Å². The first kappa shape index (κ1) is 14.1. The van der Waals surface area contributed by atoms with Gasteiger partial charge in [0.05, 0.1) is 0 Å². The molecule has 2 nitrogen and oxygen atoms in total. The molecule has 1 aromatic rings. The number of nitrogens with one attached hydrogen (secondary N) is 1. The van der Waals surface area contributed by atoms with Gasteiger partial charge in [-0.05, 0) is 55.5 Å². The molecule has 1 fully saturated rings. The standard InChI is InChI=1S/C14H22N2S2/c1-2-3-12-17-15-18-14-8-6-13(7-9-14)16-10-4-5-11-16/h6-9,15H,2-5,10-12H2,1H3. The van der Waals surface area contributed by atoms with E-state index < -0.39 is 0 Å². The van der Waals surface area contributed by atoms with Gasteiger partial charge in [0, 0.05) is 29.4 Å². The third kappa shape index (κ3) is 4.41. The number of hydrogen-bond acceptors (Lipinski definition) is 4. The van der Waals surface area contributed by atoms with Crippen molar-refractivity contribution in [2.24, 2.45) is 0 Å². The number of unbranched alkanes of at least 4 members (excludes halogenated alkanes) is 1.